The van der Waals surface area contributed by atoms with Crippen LogP contribution in [0.3, 0.4) is 0 Å². The lowest BCUT2D eigenvalue weighted by atomic mass is 9.74. The molecule has 0 aromatic heterocycles. The first-order valence-corrected chi connectivity index (χ1v) is 7.14. The van der Waals surface area contributed by atoms with E-state index in [1.807, 2.05) is 26.0 Å². The molecule has 0 saturated heterocycles. The van der Waals surface area contributed by atoms with Gasteiger partial charge in [-0.1, -0.05) is 30.5 Å². The van der Waals surface area contributed by atoms with E-state index in [1.54, 1.807) is 6.07 Å². The largest absolute Gasteiger partial charge is 0.326 e. The van der Waals surface area contributed by atoms with Gasteiger partial charge < -0.3 is 11.1 Å². The van der Waals surface area contributed by atoms with E-state index in [-0.39, 0.29) is 24.2 Å². The number of halogens is 2. The van der Waals surface area contributed by atoms with Gasteiger partial charge in [0.2, 0.25) is 5.91 Å². The fourth-order valence-corrected chi connectivity index (χ4v) is 2.87. The van der Waals surface area contributed by atoms with Crippen molar-refractivity contribution in [1.82, 2.24) is 0 Å². The third-order valence-electron chi connectivity index (χ3n) is 4.01. The number of carbonyl (C=O) groups is 1. The average molecular weight is 317 g/mol. The second kappa shape index (κ2) is 6.79. The van der Waals surface area contributed by atoms with Crippen LogP contribution in [0.25, 0.3) is 0 Å². The van der Waals surface area contributed by atoms with Crippen molar-refractivity contribution in [3.8, 4) is 0 Å². The number of aryl methyl sites for hydroxylation is 1. The SMILES string of the molecule is Cc1ccc(NC(=O)C2CCCCC2(C)N)cc1Cl.Cl. The molecule has 112 valence electrons. The molecule has 0 radical (unpaired) electrons. The summed E-state index contributed by atoms with van der Waals surface area (Å²) in [7, 11) is 0. The van der Waals surface area contributed by atoms with Crippen LogP contribution in [-0.4, -0.2) is 11.4 Å². The fraction of sp³-hybridized carbons (Fsp3) is 0.533. The zero-order valence-corrected chi connectivity index (χ0v) is 13.5. The summed E-state index contributed by atoms with van der Waals surface area (Å²) in [6.07, 6.45) is 3.94. The maximum atomic E-state index is 12.3. The molecule has 0 heterocycles. The van der Waals surface area contributed by atoms with Gasteiger partial charge in [0.1, 0.15) is 0 Å². The number of benzene rings is 1. The van der Waals surface area contributed by atoms with Gasteiger partial charge in [-0.15, -0.1) is 12.4 Å². The molecule has 0 spiro atoms. The van der Waals surface area contributed by atoms with Crippen molar-refractivity contribution < 1.29 is 4.79 Å². The van der Waals surface area contributed by atoms with Gasteiger partial charge in [-0.05, 0) is 44.4 Å². The Morgan fingerprint density at radius 2 is 2.15 bits per heavy atom. The summed E-state index contributed by atoms with van der Waals surface area (Å²) in [6.45, 7) is 3.91. The lowest BCUT2D eigenvalue weighted by Crippen LogP contribution is -2.51. The highest BCUT2D eigenvalue weighted by atomic mass is 35.5. The monoisotopic (exact) mass is 316 g/mol. The standard InChI is InChI=1S/C15H21ClN2O.ClH/c1-10-6-7-11(9-13(10)16)18-14(19)12-5-3-4-8-15(12,2)17;/h6-7,9,12H,3-5,8,17H2,1-2H3,(H,18,19);1H. The van der Waals surface area contributed by atoms with Crippen LogP contribution in [0.5, 0.6) is 0 Å². The number of anilines is 1. The molecule has 1 fully saturated rings. The molecule has 3 nitrogen and oxygen atoms in total. The fourth-order valence-electron chi connectivity index (χ4n) is 2.69. The summed E-state index contributed by atoms with van der Waals surface area (Å²) in [6, 6.07) is 5.56. The van der Waals surface area contributed by atoms with Crippen molar-refractivity contribution in [2.45, 2.75) is 45.1 Å². The van der Waals surface area contributed by atoms with Crippen molar-refractivity contribution in [3.63, 3.8) is 0 Å². The molecule has 2 unspecified atom stereocenters. The van der Waals surface area contributed by atoms with Crippen LogP contribution in [0.4, 0.5) is 5.69 Å². The maximum absolute atomic E-state index is 12.3. The molecule has 1 aliphatic carbocycles. The number of hydrogen-bond acceptors (Lipinski definition) is 2. The minimum atomic E-state index is -0.406. The topological polar surface area (TPSA) is 55.1 Å². The zero-order valence-electron chi connectivity index (χ0n) is 11.9. The minimum absolute atomic E-state index is 0. The van der Waals surface area contributed by atoms with E-state index in [9.17, 15) is 4.79 Å². The Morgan fingerprint density at radius 1 is 1.45 bits per heavy atom. The van der Waals surface area contributed by atoms with E-state index < -0.39 is 5.54 Å². The van der Waals surface area contributed by atoms with Gasteiger partial charge >= 0.3 is 0 Å². The summed E-state index contributed by atoms with van der Waals surface area (Å²) in [5.74, 6) is -0.119. The molecule has 0 aliphatic heterocycles. The zero-order chi connectivity index (χ0) is 14.0. The quantitative estimate of drug-likeness (QED) is 0.869. The van der Waals surface area contributed by atoms with Crippen LogP contribution in [0.2, 0.25) is 5.02 Å². The predicted molar refractivity (Wildman–Crippen MR) is 86.6 cm³/mol. The van der Waals surface area contributed by atoms with Crippen molar-refractivity contribution >= 4 is 35.6 Å². The summed E-state index contributed by atoms with van der Waals surface area (Å²) in [5.41, 5.74) is 7.58. The van der Waals surface area contributed by atoms with Crippen LogP contribution in [-0.2, 0) is 4.79 Å². The molecule has 5 heteroatoms. The number of rotatable bonds is 2. The first kappa shape index (κ1) is 17.3. The number of nitrogens with two attached hydrogens (primary N) is 1. The van der Waals surface area contributed by atoms with E-state index in [4.69, 9.17) is 17.3 Å². The number of amides is 1. The third kappa shape index (κ3) is 3.87. The molecule has 2 rings (SSSR count). The number of nitrogens with one attached hydrogen (secondary N) is 1. The van der Waals surface area contributed by atoms with Crippen LogP contribution in [0, 0.1) is 12.8 Å². The highest BCUT2D eigenvalue weighted by Gasteiger charge is 2.37. The Kier molecular flexibility index (Phi) is 5.87. The van der Waals surface area contributed by atoms with E-state index >= 15 is 0 Å². The summed E-state index contributed by atoms with van der Waals surface area (Å²) < 4.78 is 0. The Bertz CT molecular complexity index is 489. The average Bonchev–Trinajstić information content (AvgIpc) is 2.33. The molecule has 0 bridgehead atoms. The molecule has 1 aromatic rings. The first-order chi connectivity index (χ1) is 8.90. The van der Waals surface area contributed by atoms with Crippen molar-refractivity contribution in [2.24, 2.45) is 11.7 Å². The van der Waals surface area contributed by atoms with Crippen LogP contribution in [0.15, 0.2) is 18.2 Å². The number of carbonyl (C=O) groups excluding carboxylic acids is 1. The summed E-state index contributed by atoms with van der Waals surface area (Å²) in [5, 5.41) is 3.60. The third-order valence-corrected chi connectivity index (χ3v) is 4.42. The second-order valence-electron chi connectivity index (χ2n) is 5.76. The van der Waals surface area contributed by atoms with Crippen molar-refractivity contribution in [2.75, 3.05) is 5.32 Å². The Hall–Kier alpha value is -0.770. The summed E-state index contributed by atoms with van der Waals surface area (Å²) in [4.78, 5) is 12.3. The molecule has 2 atom stereocenters. The lowest BCUT2D eigenvalue weighted by Gasteiger charge is -2.37. The smallest absolute Gasteiger partial charge is 0.229 e. The van der Waals surface area contributed by atoms with E-state index in [2.05, 4.69) is 5.32 Å². The lowest BCUT2D eigenvalue weighted by molar-refractivity contribution is -0.122. The van der Waals surface area contributed by atoms with Gasteiger partial charge in [0.05, 0.1) is 5.92 Å². The van der Waals surface area contributed by atoms with Gasteiger partial charge in [-0.25, -0.2) is 0 Å². The van der Waals surface area contributed by atoms with Gasteiger partial charge in [0.15, 0.2) is 0 Å². The van der Waals surface area contributed by atoms with Gasteiger partial charge in [0.25, 0.3) is 0 Å². The first-order valence-electron chi connectivity index (χ1n) is 6.76. The highest BCUT2D eigenvalue weighted by Crippen LogP contribution is 2.32. The highest BCUT2D eigenvalue weighted by molar-refractivity contribution is 6.31. The molecular weight excluding hydrogens is 295 g/mol. The van der Waals surface area contributed by atoms with Crippen molar-refractivity contribution in [1.29, 1.82) is 0 Å². The molecule has 1 aromatic carbocycles. The Morgan fingerprint density at radius 3 is 2.75 bits per heavy atom. The van der Waals surface area contributed by atoms with E-state index in [0.717, 1.165) is 36.9 Å². The molecular formula is C15H22Cl2N2O. The van der Waals surface area contributed by atoms with Gasteiger partial charge in [-0.2, -0.15) is 0 Å². The molecule has 1 saturated carbocycles. The van der Waals surface area contributed by atoms with Crippen LogP contribution >= 0.6 is 24.0 Å². The minimum Gasteiger partial charge on any atom is -0.326 e. The molecule has 1 amide bonds. The van der Waals surface area contributed by atoms with Gasteiger partial charge in [0, 0.05) is 16.2 Å². The predicted octanol–water partition coefficient (Wildman–Crippen LogP) is 3.92. The van der Waals surface area contributed by atoms with E-state index in [0.29, 0.717) is 5.02 Å². The Balaban J connectivity index is 0.00000200. The second-order valence-corrected chi connectivity index (χ2v) is 6.16. The summed E-state index contributed by atoms with van der Waals surface area (Å²) >= 11 is 6.06. The molecule has 3 N–H and O–H groups in total. The molecule has 20 heavy (non-hydrogen) atoms. The maximum Gasteiger partial charge on any atom is 0.229 e. The normalized spacial score (nSPS) is 25.7. The van der Waals surface area contributed by atoms with E-state index in [1.165, 1.54) is 0 Å². The molecule has 1 aliphatic rings. The Labute approximate surface area is 131 Å². The number of hydrogen-bond donors (Lipinski definition) is 2. The van der Waals surface area contributed by atoms with Crippen molar-refractivity contribution in [3.05, 3.63) is 28.8 Å². The van der Waals surface area contributed by atoms with Gasteiger partial charge in [-0.3, -0.25) is 4.79 Å². The van der Waals surface area contributed by atoms with Crippen LogP contribution < -0.4 is 11.1 Å². The van der Waals surface area contributed by atoms with Crippen LogP contribution in [0.1, 0.15) is 38.2 Å².